The number of amides is 3. The maximum absolute atomic E-state index is 12.6. The first kappa shape index (κ1) is 21.6. The molecule has 158 valence electrons. The van der Waals surface area contributed by atoms with Gasteiger partial charge < -0.3 is 15.5 Å². The molecule has 0 aliphatic carbocycles. The highest BCUT2D eigenvalue weighted by Gasteiger charge is 2.20. The number of likely N-dealkylation sites (tertiary alicyclic amines) is 1. The Hall–Kier alpha value is -3.15. The number of rotatable bonds is 8. The van der Waals surface area contributed by atoms with Crippen molar-refractivity contribution >= 4 is 17.7 Å². The van der Waals surface area contributed by atoms with Crippen LogP contribution in [0.3, 0.4) is 0 Å². The summed E-state index contributed by atoms with van der Waals surface area (Å²) in [6.07, 6.45) is 3.70. The maximum atomic E-state index is 12.6. The molecule has 0 radical (unpaired) electrons. The van der Waals surface area contributed by atoms with E-state index in [1.165, 1.54) is 6.42 Å². The van der Waals surface area contributed by atoms with Crippen molar-refractivity contribution in [3.63, 3.8) is 0 Å². The first-order valence-corrected chi connectivity index (χ1v) is 10.6. The summed E-state index contributed by atoms with van der Waals surface area (Å²) in [4.78, 5) is 39.2. The van der Waals surface area contributed by atoms with Crippen molar-refractivity contribution in [3.05, 3.63) is 71.8 Å². The number of carbonyl (C=O) groups excluding carboxylic acids is 3. The fraction of sp³-hybridized carbons (Fsp3) is 0.375. The fourth-order valence-corrected chi connectivity index (χ4v) is 3.64. The summed E-state index contributed by atoms with van der Waals surface area (Å²) in [6, 6.07) is 17.9. The summed E-state index contributed by atoms with van der Waals surface area (Å²) in [5.41, 5.74) is 1.41. The molecule has 0 aromatic heterocycles. The van der Waals surface area contributed by atoms with Crippen molar-refractivity contribution in [1.82, 2.24) is 15.5 Å². The van der Waals surface area contributed by atoms with Gasteiger partial charge in [-0.25, -0.2) is 0 Å². The summed E-state index contributed by atoms with van der Waals surface area (Å²) in [5, 5.41) is 5.78. The van der Waals surface area contributed by atoms with E-state index in [0.717, 1.165) is 31.5 Å². The molecule has 1 aliphatic heterocycles. The molecule has 0 bridgehead atoms. The van der Waals surface area contributed by atoms with Crippen LogP contribution >= 0.6 is 0 Å². The molecule has 1 saturated heterocycles. The molecule has 2 N–H and O–H groups in total. The van der Waals surface area contributed by atoms with Crippen LogP contribution in [0, 0.1) is 0 Å². The third-order valence-corrected chi connectivity index (χ3v) is 5.30. The zero-order chi connectivity index (χ0) is 21.2. The van der Waals surface area contributed by atoms with E-state index in [1.54, 1.807) is 24.3 Å². The van der Waals surface area contributed by atoms with E-state index in [4.69, 9.17) is 0 Å². The lowest BCUT2D eigenvalue weighted by molar-refractivity contribution is -0.132. The van der Waals surface area contributed by atoms with Crippen LogP contribution in [-0.2, 0) is 9.59 Å². The molecular formula is C24H29N3O3. The summed E-state index contributed by atoms with van der Waals surface area (Å²) in [7, 11) is 0. The Morgan fingerprint density at radius 3 is 2.17 bits per heavy atom. The molecular weight excluding hydrogens is 378 g/mol. The SMILES string of the molecule is O=C(CC(NC(=O)c1ccccc1)c1ccccc1)NCCC(=O)N1CCCCC1. The van der Waals surface area contributed by atoms with Crippen LogP contribution in [0.2, 0.25) is 0 Å². The number of nitrogens with zero attached hydrogens (tertiary/aromatic N) is 1. The molecule has 1 heterocycles. The van der Waals surface area contributed by atoms with Gasteiger partial charge in [0.15, 0.2) is 0 Å². The van der Waals surface area contributed by atoms with E-state index in [1.807, 2.05) is 41.3 Å². The van der Waals surface area contributed by atoms with Crippen LogP contribution in [0.15, 0.2) is 60.7 Å². The lowest BCUT2D eigenvalue weighted by Crippen LogP contribution is -2.38. The minimum absolute atomic E-state index is 0.0898. The predicted octanol–water partition coefficient (Wildman–Crippen LogP) is 3.07. The summed E-state index contributed by atoms with van der Waals surface area (Å²) in [6.45, 7) is 1.94. The average molecular weight is 408 g/mol. The fourth-order valence-electron chi connectivity index (χ4n) is 3.64. The largest absolute Gasteiger partial charge is 0.356 e. The number of hydrogen-bond acceptors (Lipinski definition) is 3. The van der Waals surface area contributed by atoms with Crippen molar-refractivity contribution in [3.8, 4) is 0 Å². The van der Waals surface area contributed by atoms with E-state index in [0.29, 0.717) is 18.5 Å². The van der Waals surface area contributed by atoms with Crippen LogP contribution in [-0.4, -0.2) is 42.3 Å². The third kappa shape index (κ3) is 6.44. The Kier molecular flexibility index (Phi) is 8.01. The first-order valence-electron chi connectivity index (χ1n) is 10.6. The van der Waals surface area contributed by atoms with Crippen molar-refractivity contribution < 1.29 is 14.4 Å². The summed E-state index contributed by atoms with van der Waals surface area (Å²) in [5.74, 6) is -0.326. The Labute approximate surface area is 177 Å². The van der Waals surface area contributed by atoms with Crippen LogP contribution < -0.4 is 10.6 Å². The highest BCUT2D eigenvalue weighted by molar-refractivity contribution is 5.94. The van der Waals surface area contributed by atoms with Crippen molar-refractivity contribution in [2.45, 2.75) is 38.1 Å². The molecule has 0 spiro atoms. The van der Waals surface area contributed by atoms with Gasteiger partial charge >= 0.3 is 0 Å². The van der Waals surface area contributed by atoms with Crippen LogP contribution in [0.25, 0.3) is 0 Å². The van der Waals surface area contributed by atoms with Crippen molar-refractivity contribution in [2.75, 3.05) is 19.6 Å². The number of piperidine rings is 1. The third-order valence-electron chi connectivity index (χ3n) is 5.30. The second-order valence-corrected chi connectivity index (χ2v) is 7.55. The van der Waals surface area contributed by atoms with E-state index in [-0.39, 0.29) is 24.1 Å². The molecule has 1 fully saturated rings. The summed E-state index contributed by atoms with van der Waals surface area (Å²) < 4.78 is 0. The number of hydrogen-bond donors (Lipinski definition) is 2. The Bertz CT molecular complexity index is 833. The monoisotopic (exact) mass is 407 g/mol. The molecule has 30 heavy (non-hydrogen) atoms. The van der Waals surface area contributed by atoms with Gasteiger partial charge in [0.05, 0.1) is 12.5 Å². The van der Waals surface area contributed by atoms with Crippen LogP contribution in [0.5, 0.6) is 0 Å². The molecule has 6 heteroatoms. The normalized spacial score (nSPS) is 14.6. The molecule has 2 aromatic rings. The van der Waals surface area contributed by atoms with Gasteiger partial charge in [-0.3, -0.25) is 14.4 Å². The molecule has 1 aliphatic rings. The highest BCUT2D eigenvalue weighted by atomic mass is 16.2. The minimum atomic E-state index is -0.447. The van der Waals surface area contributed by atoms with Gasteiger partial charge in [0.25, 0.3) is 5.91 Å². The van der Waals surface area contributed by atoms with Crippen molar-refractivity contribution in [1.29, 1.82) is 0 Å². The molecule has 0 saturated carbocycles. The molecule has 2 aromatic carbocycles. The van der Waals surface area contributed by atoms with Gasteiger partial charge in [0, 0.05) is 31.6 Å². The Balaban J connectivity index is 1.54. The maximum Gasteiger partial charge on any atom is 0.251 e. The standard InChI is InChI=1S/C24H29N3O3/c28-22(25-15-14-23(29)27-16-8-3-9-17-27)18-21(19-10-4-1-5-11-19)26-24(30)20-12-6-2-7-13-20/h1-2,4-7,10-13,21H,3,8-9,14-18H2,(H,25,28)(H,26,30). The average Bonchev–Trinajstić information content (AvgIpc) is 2.80. The lowest BCUT2D eigenvalue weighted by atomic mass is 10.0. The van der Waals surface area contributed by atoms with Gasteiger partial charge in [-0.2, -0.15) is 0 Å². The zero-order valence-corrected chi connectivity index (χ0v) is 17.2. The number of benzene rings is 2. The Morgan fingerprint density at radius 1 is 0.867 bits per heavy atom. The van der Waals surface area contributed by atoms with Gasteiger partial charge in [0.2, 0.25) is 11.8 Å². The summed E-state index contributed by atoms with van der Waals surface area (Å²) >= 11 is 0. The highest BCUT2D eigenvalue weighted by Crippen LogP contribution is 2.17. The van der Waals surface area contributed by atoms with E-state index < -0.39 is 6.04 Å². The van der Waals surface area contributed by atoms with Gasteiger partial charge in [-0.05, 0) is 37.0 Å². The van der Waals surface area contributed by atoms with E-state index >= 15 is 0 Å². The van der Waals surface area contributed by atoms with E-state index in [9.17, 15) is 14.4 Å². The predicted molar refractivity (Wildman–Crippen MR) is 116 cm³/mol. The second kappa shape index (κ2) is 11.1. The molecule has 1 unspecified atom stereocenters. The number of carbonyl (C=O) groups is 3. The van der Waals surface area contributed by atoms with Crippen LogP contribution in [0.1, 0.15) is 54.1 Å². The quantitative estimate of drug-likeness (QED) is 0.706. The van der Waals surface area contributed by atoms with Crippen LogP contribution in [0.4, 0.5) is 0 Å². The zero-order valence-electron chi connectivity index (χ0n) is 17.2. The molecule has 3 rings (SSSR count). The second-order valence-electron chi connectivity index (χ2n) is 7.55. The van der Waals surface area contributed by atoms with Gasteiger partial charge in [-0.15, -0.1) is 0 Å². The van der Waals surface area contributed by atoms with Gasteiger partial charge in [-0.1, -0.05) is 48.5 Å². The molecule has 3 amide bonds. The van der Waals surface area contributed by atoms with E-state index in [2.05, 4.69) is 10.6 Å². The number of nitrogens with one attached hydrogen (secondary N) is 2. The smallest absolute Gasteiger partial charge is 0.251 e. The minimum Gasteiger partial charge on any atom is -0.356 e. The topological polar surface area (TPSA) is 78.5 Å². The van der Waals surface area contributed by atoms with Crippen molar-refractivity contribution in [2.24, 2.45) is 0 Å². The Morgan fingerprint density at radius 2 is 1.50 bits per heavy atom. The lowest BCUT2D eigenvalue weighted by Gasteiger charge is -2.26. The molecule has 1 atom stereocenters. The molecule has 6 nitrogen and oxygen atoms in total. The first-order chi connectivity index (χ1) is 14.6. The van der Waals surface area contributed by atoms with Gasteiger partial charge in [0.1, 0.15) is 0 Å².